The van der Waals surface area contributed by atoms with E-state index in [1.807, 2.05) is 17.9 Å². The van der Waals surface area contributed by atoms with E-state index in [9.17, 15) is 0 Å². The molecule has 0 aliphatic carbocycles. The molecule has 0 amide bonds. The van der Waals surface area contributed by atoms with Gasteiger partial charge in [0.1, 0.15) is 11.3 Å². The van der Waals surface area contributed by atoms with Gasteiger partial charge in [-0.05, 0) is 6.92 Å². The number of nitrogens with zero attached hydrogens (tertiary/aromatic N) is 2. The van der Waals surface area contributed by atoms with Crippen molar-refractivity contribution in [1.82, 2.24) is 15.1 Å². The second-order valence-electron chi connectivity index (χ2n) is 5.92. The van der Waals surface area contributed by atoms with Crippen molar-refractivity contribution in [1.29, 1.82) is 0 Å². The van der Waals surface area contributed by atoms with E-state index in [4.69, 9.17) is 4.74 Å². The summed E-state index contributed by atoms with van der Waals surface area (Å²) in [5, 5.41) is 7.73. The summed E-state index contributed by atoms with van der Waals surface area (Å²) < 4.78 is 7.90. The third-order valence-electron chi connectivity index (χ3n) is 2.86. The topological polar surface area (TPSA) is 39.1 Å². The molecule has 90 valence electrons. The predicted octanol–water partition coefficient (Wildman–Crippen LogP) is 1.46. The molecule has 4 heteroatoms. The van der Waals surface area contributed by atoms with Crippen molar-refractivity contribution in [3.05, 3.63) is 11.9 Å². The van der Waals surface area contributed by atoms with Crippen LogP contribution in [0.25, 0.3) is 0 Å². The molecule has 16 heavy (non-hydrogen) atoms. The van der Waals surface area contributed by atoms with E-state index in [-0.39, 0.29) is 11.0 Å². The number of hydrogen-bond donors (Lipinski definition) is 1. The molecular formula is C12H21N3O. The third-order valence-corrected chi connectivity index (χ3v) is 2.86. The molecule has 0 radical (unpaired) electrons. The molecule has 1 aliphatic heterocycles. The lowest BCUT2D eigenvalue weighted by Crippen LogP contribution is -2.61. The molecule has 0 bridgehead atoms. The average molecular weight is 223 g/mol. The lowest BCUT2D eigenvalue weighted by molar-refractivity contribution is 0.0331. The van der Waals surface area contributed by atoms with Crippen molar-refractivity contribution >= 4 is 0 Å². The van der Waals surface area contributed by atoms with Gasteiger partial charge in [0.25, 0.3) is 0 Å². The Morgan fingerprint density at radius 3 is 2.50 bits per heavy atom. The van der Waals surface area contributed by atoms with Gasteiger partial charge >= 0.3 is 0 Å². The third kappa shape index (κ3) is 2.07. The minimum atomic E-state index is -0.0664. The van der Waals surface area contributed by atoms with Gasteiger partial charge in [-0.2, -0.15) is 5.10 Å². The van der Waals surface area contributed by atoms with Gasteiger partial charge in [0.2, 0.25) is 0 Å². The molecule has 0 spiro atoms. The molecular weight excluding hydrogens is 202 g/mol. The van der Waals surface area contributed by atoms with Crippen LogP contribution < -0.4 is 10.1 Å². The van der Waals surface area contributed by atoms with Crippen LogP contribution in [0.2, 0.25) is 0 Å². The molecule has 1 N–H and O–H groups in total. The van der Waals surface area contributed by atoms with Crippen LogP contribution in [0, 0.1) is 0 Å². The Morgan fingerprint density at radius 2 is 2.06 bits per heavy atom. The maximum atomic E-state index is 6.07. The van der Waals surface area contributed by atoms with Crippen molar-refractivity contribution < 1.29 is 4.74 Å². The molecule has 1 aliphatic rings. The first-order valence-corrected chi connectivity index (χ1v) is 5.74. The van der Waals surface area contributed by atoms with E-state index >= 15 is 0 Å². The first kappa shape index (κ1) is 11.5. The zero-order valence-electron chi connectivity index (χ0n) is 10.8. The Morgan fingerprint density at radius 1 is 1.44 bits per heavy atom. The minimum Gasteiger partial charge on any atom is -0.481 e. The Bertz CT molecular complexity index is 385. The van der Waals surface area contributed by atoms with E-state index < -0.39 is 0 Å². The molecule has 2 rings (SSSR count). The van der Waals surface area contributed by atoms with Gasteiger partial charge in [-0.15, -0.1) is 0 Å². The van der Waals surface area contributed by atoms with E-state index in [2.05, 4.69) is 38.1 Å². The fourth-order valence-electron chi connectivity index (χ4n) is 1.88. The van der Waals surface area contributed by atoms with Gasteiger partial charge in [-0.3, -0.25) is 4.68 Å². The molecule has 1 aromatic rings. The highest BCUT2D eigenvalue weighted by atomic mass is 16.5. The summed E-state index contributed by atoms with van der Waals surface area (Å²) in [6.45, 7) is 10.4. The lowest BCUT2D eigenvalue weighted by Gasteiger charge is -2.39. The van der Waals surface area contributed by atoms with Gasteiger partial charge in [-0.1, -0.05) is 20.8 Å². The maximum absolute atomic E-state index is 6.07. The Hall–Kier alpha value is -1.03. The highest BCUT2D eigenvalue weighted by molar-refractivity contribution is 5.31. The largest absolute Gasteiger partial charge is 0.481 e. The monoisotopic (exact) mass is 223 g/mol. The lowest BCUT2D eigenvalue weighted by atomic mass is 9.91. The number of rotatable bonds is 2. The van der Waals surface area contributed by atoms with E-state index in [0.717, 1.165) is 24.5 Å². The SMILES string of the molecule is Cn1cc(OC2(C)CNC2)c(C(C)(C)C)n1. The van der Waals surface area contributed by atoms with Crippen LogP contribution in [0.15, 0.2) is 6.20 Å². The fourth-order valence-corrected chi connectivity index (χ4v) is 1.88. The van der Waals surface area contributed by atoms with E-state index in [1.54, 1.807) is 0 Å². The second-order valence-corrected chi connectivity index (χ2v) is 5.92. The molecule has 0 unspecified atom stereocenters. The molecule has 4 nitrogen and oxygen atoms in total. The molecule has 0 saturated carbocycles. The highest BCUT2D eigenvalue weighted by Gasteiger charge is 2.36. The van der Waals surface area contributed by atoms with Crippen molar-refractivity contribution in [2.75, 3.05) is 13.1 Å². The maximum Gasteiger partial charge on any atom is 0.161 e. The molecule has 1 fully saturated rings. The zero-order chi connectivity index (χ0) is 12.0. The average Bonchev–Trinajstić information content (AvgIpc) is 2.43. The minimum absolute atomic E-state index is 0.0180. The predicted molar refractivity (Wildman–Crippen MR) is 63.8 cm³/mol. The quantitative estimate of drug-likeness (QED) is 0.825. The summed E-state index contributed by atoms with van der Waals surface area (Å²) >= 11 is 0. The van der Waals surface area contributed by atoms with Crippen LogP contribution >= 0.6 is 0 Å². The zero-order valence-corrected chi connectivity index (χ0v) is 10.8. The van der Waals surface area contributed by atoms with Crippen LogP contribution in [-0.2, 0) is 12.5 Å². The van der Waals surface area contributed by atoms with Crippen molar-refractivity contribution in [3.63, 3.8) is 0 Å². The van der Waals surface area contributed by atoms with Crippen LogP contribution in [0.4, 0.5) is 0 Å². The smallest absolute Gasteiger partial charge is 0.161 e. The number of aromatic nitrogens is 2. The number of ether oxygens (including phenoxy) is 1. The van der Waals surface area contributed by atoms with E-state index in [0.29, 0.717) is 0 Å². The summed E-state index contributed by atoms with van der Waals surface area (Å²) in [7, 11) is 1.93. The molecule has 0 aromatic carbocycles. The number of hydrogen-bond acceptors (Lipinski definition) is 3. The molecule has 1 aromatic heterocycles. The Labute approximate surface area is 97.0 Å². The van der Waals surface area contributed by atoms with Gasteiger partial charge in [0.15, 0.2) is 5.75 Å². The van der Waals surface area contributed by atoms with Crippen LogP contribution in [0.5, 0.6) is 5.75 Å². The second kappa shape index (κ2) is 3.48. The first-order valence-electron chi connectivity index (χ1n) is 5.74. The summed E-state index contributed by atoms with van der Waals surface area (Å²) in [6, 6.07) is 0. The fraction of sp³-hybridized carbons (Fsp3) is 0.750. The van der Waals surface area contributed by atoms with Gasteiger partial charge in [-0.25, -0.2) is 0 Å². The Balaban J connectivity index is 2.26. The standard InChI is InChI=1S/C12H21N3O/c1-11(2,3)10-9(6-15(5)14-10)16-12(4)7-13-8-12/h6,13H,7-8H2,1-5H3. The van der Waals surface area contributed by atoms with Crippen LogP contribution in [0.3, 0.4) is 0 Å². The van der Waals surface area contributed by atoms with Gasteiger partial charge < -0.3 is 10.1 Å². The molecule has 0 atom stereocenters. The summed E-state index contributed by atoms with van der Waals surface area (Å²) in [5.74, 6) is 0.916. The normalized spacial score (nSPS) is 19.3. The summed E-state index contributed by atoms with van der Waals surface area (Å²) in [6.07, 6.45) is 1.96. The first-order chi connectivity index (χ1) is 7.30. The summed E-state index contributed by atoms with van der Waals surface area (Å²) in [4.78, 5) is 0. The van der Waals surface area contributed by atoms with Crippen LogP contribution in [-0.4, -0.2) is 28.5 Å². The van der Waals surface area contributed by atoms with Gasteiger partial charge in [0, 0.05) is 25.6 Å². The van der Waals surface area contributed by atoms with Crippen LogP contribution in [0.1, 0.15) is 33.4 Å². The number of nitrogens with one attached hydrogen (secondary N) is 1. The molecule has 1 saturated heterocycles. The van der Waals surface area contributed by atoms with E-state index in [1.165, 1.54) is 0 Å². The Kier molecular flexibility index (Phi) is 2.49. The van der Waals surface area contributed by atoms with Crippen molar-refractivity contribution in [2.24, 2.45) is 7.05 Å². The number of aryl methyl sites for hydroxylation is 1. The summed E-state index contributed by atoms with van der Waals surface area (Å²) in [5.41, 5.74) is 0.982. The van der Waals surface area contributed by atoms with Crippen molar-refractivity contribution in [2.45, 2.75) is 38.7 Å². The highest BCUT2D eigenvalue weighted by Crippen LogP contribution is 2.32. The molecule has 2 heterocycles. The van der Waals surface area contributed by atoms with Gasteiger partial charge in [0.05, 0.1) is 6.20 Å². The van der Waals surface area contributed by atoms with Crippen molar-refractivity contribution in [3.8, 4) is 5.75 Å².